The molecule has 2 saturated carbocycles. The molecule has 6 nitrogen and oxygen atoms in total. The van der Waals surface area contributed by atoms with E-state index in [1.54, 1.807) is 4.90 Å². The highest BCUT2D eigenvalue weighted by atomic mass is 16.5. The molecule has 4 rings (SSSR count). The van der Waals surface area contributed by atoms with Crippen LogP contribution in [0, 0.1) is 11.8 Å². The fourth-order valence-electron chi connectivity index (χ4n) is 3.44. The zero-order valence-electron chi connectivity index (χ0n) is 12.5. The molecule has 0 unspecified atom stereocenters. The van der Waals surface area contributed by atoms with Crippen molar-refractivity contribution in [1.29, 1.82) is 0 Å². The zero-order chi connectivity index (χ0) is 14.6. The first-order valence-corrected chi connectivity index (χ1v) is 8.07. The molecule has 0 spiro atoms. The Kier molecular flexibility index (Phi) is 3.10. The Labute approximate surface area is 124 Å². The molecule has 6 heteroatoms. The maximum Gasteiger partial charge on any atom is 0.317 e. The van der Waals surface area contributed by atoms with Crippen molar-refractivity contribution in [3.05, 3.63) is 0 Å². The third kappa shape index (κ3) is 2.50. The van der Waals surface area contributed by atoms with Gasteiger partial charge in [0.15, 0.2) is 0 Å². The number of nitrogens with one attached hydrogen (secondary N) is 1. The van der Waals surface area contributed by atoms with Gasteiger partial charge in [-0.25, -0.2) is 4.79 Å². The molecule has 2 aliphatic carbocycles. The summed E-state index contributed by atoms with van der Waals surface area (Å²) in [5.41, 5.74) is 0. The van der Waals surface area contributed by atoms with Gasteiger partial charge >= 0.3 is 6.03 Å². The molecule has 0 aromatic heterocycles. The van der Waals surface area contributed by atoms with Gasteiger partial charge in [0.05, 0.1) is 12.6 Å². The minimum atomic E-state index is -0.348. The van der Waals surface area contributed by atoms with Crippen LogP contribution in [0.5, 0.6) is 0 Å². The smallest absolute Gasteiger partial charge is 0.317 e. The van der Waals surface area contributed by atoms with E-state index in [-0.39, 0.29) is 30.0 Å². The molecule has 1 N–H and O–H groups in total. The molecular weight excluding hydrogens is 270 g/mol. The summed E-state index contributed by atoms with van der Waals surface area (Å²) in [6.45, 7) is 1.96. The number of rotatable bonds is 4. The van der Waals surface area contributed by atoms with E-state index in [4.69, 9.17) is 4.74 Å². The number of amides is 3. The van der Waals surface area contributed by atoms with E-state index in [0.29, 0.717) is 31.7 Å². The predicted octanol–water partition coefficient (Wildman–Crippen LogP) is 0.426. The lowest BCUT2D eigenvalue weighted by Gasteiger charge is -2.22. The van der Waals surface area contributed by atoms with Gasteiger partial charge < -0.3 is 19.9 Å². The number of urea groups is 1. The van der Waals surface area contributed by atoms with Crippen molar-refractivity contribution < 1.29 is 14.3 Å². The number of hydrogen-bond donors (Lipinski definition) is 1. The summed E-state index contributed by atoms with van der Waals surface area (Å²) in [6.07, 6.45) is 4.29. The molecular formula is C15H23N3O3. The van der Waals surface area contributed by atoms with Crippen LogP contribution in [0.2, 0.25) is 0 Å². The third-order valence-corrected chi connectivity index (χ3v) is 5.21. The van der Waals surface area contributed by atoms with Gasteiger partial charge in [-0.3, -0.25) is 4.79 Å². The van der Waals surface area contributed by atoms with Crippen molar-refractivity contribution in [2.75, 3.05) is 26.7 Å². The number of nitrogens with zero attached hydrogens (tertiary/aromatic N) is 2. The number of likely N-dealkylation sites (tertiary alicyclic amines) is 2. The summed E-state index contributed by atoms with van der Waals surface area (Å²) in [6, 6.07) is 0.513. The molecule has 116 valence electrons. The Hall–Kier alpha value is -1.30. The summed E-state index contributed by atoms with van der Waals surface area (Å²) < 4.78 is 5.90. The Morgan fingerprint density at radius 3 is 2.71 bits per heavy atom. The first-order valence-electron chi connectivity index (χ1n) is 8.07. The number of fused-ring (bicyclic) bond motifs is 1. The van der Waals surface area contributed by atoms with Crippen LogP contribution in [0.25, 0.3) is 0 Å². The summed E-state index contributed by atoms with van der Waals surface area (Å²) in [5, 5.41) is 3.03. The van der Waals surface area contributed by atoms with Crippen molar-refractivity contribution in [3.8, 4) is 0 Å². The van der Waals surface area contributed by atoms with Gasteiger partial charge in [-0.05, 0) is 31.6 Å². The van der Waals surface area contributed by atoms with Crippen molar-refractivity contribution in [1.82, 2.24) is 15.1 Å². The van der Waals surface area contributed by atoms with Gasteiger partial charge in [-0.15, -0.1) is 0 Å². The number of carbonyl (C=O) groups excluding carboxylic acids is 2. The second kappa shape index (κ2) is 4.87. The summed E-state index contributed by atoms with van der Waals surface area (Å²) in [5.74, 6) is 0.872. The number of hydrogen-bond acceptors (Lipinski definition) is 3. The molecule has 0 aromatic carbocycles. The highest BCUT2D eigenvalue weighted by Gasteiger charge is 2.53. The lowest BCUT2D eigenvalue weighted by Crippen LogP contribution is -2.44. The van der Waals surface area contributed by atoms with E-state index in [1.165, 1.54) is 12.8 Å². The van der Waals surface area contributed by atoms with Gasteiger partial charge in [-0.1, -0.05) is 0 Å². The van der Waals surface area contributed by atoms with Crippen LogP contribution in [0.3, 0.4) is 0 Å². The summed E-state index contributed by atoms with van der Waals surface area (Å²) in [4.78, 5) is 28.1. The Bertz CT molecular complexity index is 461. The third-order valence-electron chi connectivity index (χ3n) is 5.21. The summed E-state index contributed by atoms with van der Waals surface area (Å²) >= 11 is 0. The predicted molar refractivity (Wildman–Crippen MR) is 75.6 cm³/mol. The van der Waals surface area contributed by atoms with Crippen LogP contribution in [0.4, 0.5) is 4.79 Å². The standard InChI is InChI=1S/C15H23N3O3/c1-17-12-7-18(15(20)16-10-4-5-10)6-11(12)13(14(17)19)21-8-9-2-3-9/h9-13H,2-8H2,1H3,(H,16,20)/t11-,12+,13-/m0/s1. The topological polar surface area (TPSA) is 61.9 Å². The quantitative estimate of drug-likeness (QED) is 0.817. The zero-order valence-corrected chi connectivity index (χ0v) is 12.5. The SMILES string of the molecule is CN1C(=O)[C@@H](OCC2CC2)[C@H]2CN(C(=O)NC3CC3)C[C@H]21. The normalized spacial score (nSPS) is 35.3. The lowest BCUT2D eigenvalue weighted by molar-refractivity contribution is -0.138. The van der Waals surface area contributed by atoms with E-state index in [9.17, 15) is 9.59 Å². The Morgan fingerprint density at radius 1 is 1.29 bits per heavy atom. The molecule has 2 heterocycles. The van der Waals surface area contributed by atoms with Gasteiger partial charge in [0.25, 0.3) is 5.91 Å². The van der Waals surface area contributed by atoms with Gasteiger partial charge in [0, 0.05) is 32.1 Å². The molecule has 3 atom stereocenters. The fourth-order valence-corrected chi connectivity index (χ4v) is 3.44. The Morgan fingerprint density at radius 2 is 2.05 bits per heavy atom. The molecule has 4 aliphatic rings. The number of likely N-dealkylation sites (N-methyl/N-ethyl adjacent to an activating group) is 1. The molecule has 0 aromatic rings. The second-order valence-electron chi connectivity index (χ2n) is 7.01. The number of carbonyl (C=O) groups is 2. The second-order valence-corrected chi connectivity index (χ2v) is 7.01. The Balaban J connectivity index is 1.40. The van der Waals surface area contributed by atoms with Crippen LogP contribution in [-0.2, 0) is 9.53 Å². The van der Waals surface area contributed by atoms with Crippen molar-refractivity contribution >= 4 is 11.9 Å². The van der Waals surface area contributed by atoms with Crippen LogP contribution >= 0.6 is 0 Å². The molecule has 3 amide bonds. The van der Waals surface area contributed by atoms with E-state index < -0.39 is 0 Å². The van der Waals surface area contributed by atoms with E-state index in [2.05, 4.69) is 5.32 Å². The number of ether oxygens (including phenoxy) is 1. The maximum atomic E-state index is 12.3. The van der Waals surface area contributed by atoms with Gasteiger partial charge in [0.2, 0.25) is 0 Å². The van der Waals surface area contributed by atoms with Gasteiger partial charge in [-0.2, -0.15) is 0 Å². The molecule has 21 heavy (non-hydrogen) atoms. The monoisotopic (exact) mass is 293 g/mol. The first-order chi connectivity index (χ1) is 10.1. The van der Waals surface area contributed by atoms with Crippen LogP contribution in [0.15, 0.2) is 0 Å². The molecule has 0 radical (unpaired) electrons. The average Bonchev–Trinajstić information content (AvgIpc) is 3.37. The fraction of sp³-hybridized carbons (Fsp3) is 0.867. The molecule has 2 aliphatic heterocycles. The maximum absolute atomic E-state index is 12.3. The lowest BCUT2D eigenvalue weighted by atomic mass is 10.0. The summed E-state index contributed by atoms with van der Waals surface area (Å²) in [7, 11) is 1.84. The molecule has 4 fully saturated rings. The van der Waals surface area contributed by atoms with Crippen molar-refractivity contribution in [3.63, 3.8) is 0 Å². The highest BCUT2D eigenvalue weighted by molar-refractivity contribution is 5.85. The van der Waals surface area contributed by atoms with Crippen molar-refractivity contribution in [2.24, 2.45) is 11.8 Å². The first kappa shape index (κ1) is 13.4. The van der Waals surface area contributed by atoms with Crippen LogP contribution in [-0.4, -0.2) is 66.7 Å². The average molecular weight is 293 g/mol. The minimum Gasteiger partial charge on any atom is -0.368 e. The van der Waals surface area contributed by atoms with E-state index in [1.807, 2.05) is 11.9 Å². The minimum absolute atomic E-state index is 0.0219. The van der Waals surface area contributed by atoms with E-state index in [0.717, 1.165) is 12.8 Å². The van der Waals surface area contributed by atoms with Crippen molar-refractivity contribution in [2.45, 2.75) is 43.9 Å². The highest BCUT2D eigenvalue weighted by Crippen LogP contribution is 2.36. The molecule has 2 saturated heterocycles. The van der Waals surface area contributed by atoms with Gasteiger partial charge in [0.1, 0.15) is 6.10 Å². The largest absolute Gasteiger partial charge is 0.368 e. The van der Waals surface area contributed by atoms with Crippen LogP contribution in [0.1, 0.15) is 25.7 Å². The van der Waals surface area contributed by atoms with Crippen LogP contribution < -0.4 is 5.32 Å². The van der Waals surface area contributed by atoms with E-state index >= 15 is 0 Å². The molecule has 0 bridgehead atoms.